The first-order valence-corrected chi connectivity index (χ1v) is 7.38. The Morgan fingerprint density at radius 1 is 1.24 bits per heavy atom. The summed E-state index contributed by atoms with van der Waals surface area (Å²) in [6, 6.07) is 0. The summed E-state index contributed by atoms with van der Waals surface area (Å²) in [6.07, 6.45) is 13.7. The third kappa shape index (κ3) is 2.87. The average Bonchev–Trinajstić information content (AvgIpc) is 2.76. The fraction of sp³-hybridized carbons (Fsp3) is 0.333. The van der Waals surface area contributed by atoms with E-state index in [1.807, 2.05) is 31.2 Å². The highest BCUT2D eigenvalue weighted by Gasteiger charge is 2.25. The second-order valence-electron chi connectivity index (χ2n) is 5.57. The molecule has 0 amide bonds. The summed E-state index contributed by atoms with van der Waals surface area (Å²) in [5, 5.41) is 10.2. The first-order valence-electron chi connectivity index (χ1n) is 7.38. The highest BCUT2D eigenvalue weighted by atomic mass is 19.1. The molecule has 1 fully saturated rings. The van der Waals surface area contributed by atoms with Gasteiger partial charge in [-0.05, 0) is 43.9 Å². The molecule has 1 aliphatic heterocycles. The molecule has 0 radical (unpaired) electrons. The van der Waals surface area contributed by atoms with Gasteiger partial charge in [0, 0.05) is 17.6 Å². The van der Waals surface area contributed by atoms with Crippen LogP contribution in [0, 0.1) is 0 Å². The number of fused-ring (bicyclic) bond motifs is 1. The third-order valence-corrected chi connectivity index (χ3v) is 3.92. The zero-order valence-corrected chi connectivity index (χ0v) is 12.1. The van der Waals surface area contributed by atoms with Gasteiger partial charge in [-0.1, -0.05) is 24.3 Å². The van der Waals surface area contributed by atoms with E-state index in [4.69, 9.17) is 4.74 Å². The first-order chi connectivity index (χ1) is 10.1. The van der Waals surface area contributed by atoms with Crippen LogP contribution >= 0.6 is 0 Å². The van der Waals surface area contributed by atoms with E-state index in [1.54, 1.807) is 6.08 Å². The second kappa shape index (κ2) is 5.76. The van der Waals surface area contributed by atoms with Crippen LogP contribution < -0.4 is 0 Å². The van der Waals surface area contributed by atoms with Gasteiger partial charge in [-0.2, -0.15) is 0 Å². The van der Waals surface area contributed by atoms with E-state index < -0.39 is 0 Å². The summed E-state index contributed by atoms with van der Waals surface area (Å²) in [5.74, 6) is 0.652. The van der Waals surface area contributed by atoms with Gasteiger partial charge in [0.25, 0.3) is 0 Å². The Kier molecular flexibility index (Phi) is 3.82. The molecule has 1 heterocycles. The molecule has 2 nitrogen and oxygen atoms in total. The van der Waals surface area contributed by atoms with Crippen LogP contribution in [0.15, 0.2) is 70.5 Å². The third-order valence-electron chi connectivity index (χ3n) is 3.92. The molecule has 3 heteroatoms. The van der Waals surface area contributed by atoms with E-state index in [0.29, 0.717) is 16.9 Å². The standard InChI is InChI=1S/C18H19FO2/c1-12-7-8-13-9-10-14(19)11-16(18(13)21-12)15-5-3-2-4-6-17(15)20/h3-6,9,11-12,20H,2,7-8,10H2,1H3. The Bertz CT molecular complexity index is 630. The highest BCUT2D eigenvalue weighted by Crippen LogP contribution is 2.37. The lowest BCUT2D eigenvalue weighted by Gasteiger charge is -2.27. The van der Waals surface area contributed by atoms with Crippen LogP contribution in [0.4, 0.5) is 4.39 Å². The summed E-state index contributed by atoms with van der Waals surface area (Å²) < 4.78 is 20.0. The lowest BCUT2D eigenvalue weighted by molar-refractivity contribution is 0.109. The molecule has 0 aromatic rings. The van der Waals surface area contributed by atoms with Crippen molar-refractivity contribution in [2.24, 2.45) is 0 Å². The molecule has 0 spiro atoms. The Hall–Kier alpha value is -2.03. The summed E-state index contributed by atoms with van der Waals surface area (Å²) in [6.45, 7) is 2.02. The fourth-order valence-electron chi connectivity index (χ4n) is 2.79. The monoisotopic (exact) mass is 286 g/mol. The van der Waals surface area contributed by atoms with Crippen molar-refractivity contribution in [3.05, 3.63) is 70.5 Å². The number of rotatable bonds is 1. The van der Waals surface area contributed by atoms with Crippen LogP contribution in [0.25, 0.3) is 0 Å². The van der Waals surface area contributed by atoms with Crippen molar-refractivity contribution in [2.75, 3.05) is 0 Å². The molecular weight excluding hydrogens is 267 g/mol. The molecule has 3 rings (SSSR count). The normalized spacial score (nSPS) is 25.7. The Morgan fingerprint density at radius 2 is 2.05 bits per heavy atom. The Balaban J connectivity index is 2.17. The van der Waals surface area contributed by atoms with E-state index in [-0.39, 0.29) is 24.1 Å². The Morgan fingerprint density at radius 3 is 2.90 bits per heavy atom. The van der Waals surface area contributed by atoms with Gasteiger partial charge in [0.1, 0.15) is 17.3 Å². The quantitative estimate of drug-likeness (QED) is 0.739. The number of allylic oxidation sites excluding steroid dienone is 10. The van der Waals surface area contributed by atoms with Crippen LogP contribution in [-0.4, -0.2) is 11.2 Å². The second-order valence-corrected chi connectivity index (χ2v) is 5.57. The average molecular weight is 286 g/mol. The number of hydrogen-bond acceptors (Lipinski definition) is 2. The van der Waals surface area contributed by atoms with Gasteiger partial charge in [-0.3, -0.25) is 0 Å². The van der Waals surface area contributed by atoms with Gasteiger partial charge in [-0.25, -0.2) is 4.39 Å². The van der Waals surface area contributed by atoms with Crippen molar-refractivity contribution in [3.63, 3.8) is 0 Å². The van der Waals surface area contributed by atoms with Gasteiger partial charge < -0.3 is 9.84 Å². The Labute approximate surface area is 124 Å². The van der Waals surface area contributed by atoms with E-state index in [9.17, 15) is 9.50 Å². The van der Waals surface area contributed by atoms with Gasteiger partial charge in [0.15, 0.2) is 0 Å². The summed E-state index contributed by atoms with van der Waals surface area (Å²) >= 11 is 0. The molecule has 0 aromatic heterocycles. The molecule has 1 N–H and O–H groups in total. The number of halogens is 1. The first kappa shape index (κ1) is 13.9. The van der Waals surface area contributed by atoms with E-state index in [1.165, 1.54) is 6.08 Å². The molecule has 0 saturated carbocycles. The maximum atomic E-state index is 14.0. The lowest BCUT2D eigenvalue weighted by Crippen LogP contribution is -2.17. The van der Waals surface area contributed by atoms with Crippen LogP contribution in [0.3, 0.4) is 0 Å². The van der Waals surface area contributed by atoms with E-state index in [2.05, 4.69) is 0 Å². The van der Waals surface area contributed by atoms with Gasteiger partial charge in [0.05, 0.1) is 6.10 Å². The predicted octanol–water partition coefficient (Wildman–Crippen LogP) is 4.95. The molecule has 0 aromatic carbocycles. The van der Waals surface area contributed by atoms with E-state index in [0.717, 1.165) is 24.8 Å². The van der Waals surface area contributed by atoms with Crippen molar-refractivity contribution in [1.29, 1.82) is 0 Å². The molecular formula is C18H19FO2. The fourth-order valence-corrected chi connectivity index (χ4v) is 2.79. The van der Waals surface area contributed by atoms with Crippen molar-refractivity contribution in [1.82, 2.24) is 0 Å². The molecule has 1 saturated heterocycles. The minimum Gasteiger partial charge on any atom is -0.507 e. The van der Waals surface area contributed by atoms with Crippen molar-refractivity contribution in [2.45, 2.75) is 38.7 Å². The maximum absolute atomic E-state index is 14.0. The van der Waals surface area contributed by atoms with Gasteiger partial charge in [0.2, 0.25) is 0 Å². The molecule has 2 aliphatic carbocycles. The van der Waals surface area contributed by atoms with Crippen LogP contribution in [0.1, 0.15) is 32.6 Å². The van der Waals surface area contributed by atoms with Crippen LogP contribution in [-0.2, 0) is 4.74 Å². The molecule has 3 aliphatic rings. The molecule has 1 atom stereocenters. The van der Waals surface area contributed by atoms with Crippen LogP contribution in [0.2, 0.25) is 0 Å². The molecule has 1 unspecified atom stereocenters. The van der Waals surface area contributed by atoms with Gasteiger partial charge in [-0.15, -0.1) is 0 Å². The SMILES string of the molecule is CC1CCC2=CCC(F)=CC(C3=C(O)C=CCC=C3)=C2O1. The van der Waals surface area contributed by atoms with Crippen molar-refractivity contribution < 1.29 is 14.2 Å². The number of aliphatic hydroxyl groups excluding tert-OH is 1. The number of hydrogen-bond donors (Lipinski definition) is 1. The van der Waals surface area contributed by atoms with E-state index >= 15 is 0 Å². The zero-order valence-electron chi connectivity index (χ0n) is 12.1. The summed E-state index contributed by atoms with van der Waals surface area (Å²) in [7, 11) is 0. The number of aliphatic hydroxyl groups is 1. The molecule has 0 bridgehead atoms. The van der Waals surface area contributed by atoms with Crippen molar-refractivity contribution >= 4 is 0 Å². The molecule has 21 heavy (non-hydrogen) atoms. The van der Waals surface area contributed by atoms with Gasteiger partial charge >= 0.3 is 0 Å². The highest BCUT2D eigenvalue weighted by molar-refractivity contribution is 5.57. The largest absolute Gasteiger partial charge is 0.507 e. The zero-order chi connectivity index (χ0) is 14.8. The molecule has 110 valence electrons. The smallest absolute Gasteiger partial charge is 0.130 e. The summed E-state index contributed by atoms with van der Waals surface area (Å²) in [4.78, 5) is 0. The predicted molar refractivity (Wildman–Crippen MR) is 81.2 cm³/mol. The van der Waals surface area contributed by atoms with Crippen LogP contribution in [0.5, 0.6) is 0 Å². The maximum Gasteiger partial charge on any atom is 0.130 e. The van der Waals surface area contributed by atoms with Crippen molar-refractivity contribution in [3.8, 4) is 0 Å². The summed E-state index contributed by atoms with van der Waals surface area (Å²) in [5.41, 5.74) is 2.30. The minimum atomic E-state index is -0.211. The topological polar surface area (TPSA) is 29.5 Å². The minimum absolute atomic E-state index is 0.106. The lowest BCUT2D eigenvalue weighted by atomic mass is 9.95. The number of ether oxygens (including phenoxy) is 1.